The van der Waals surface area contributed by atoms with Crippen molar-refractivity contribution in [3.05, 3.63) is 24.0 Å². The minimum Gasteiger partial charge on any atom is -0.387 e. The monoisotopic (exact) mass is 263 g/mol. The predicted molar refractivity (Wildman–Crippen MR) is 74.3 cm³/mol. The number of nitrogens with zero attached hydrogens (tertiary/aromatic N) is 1. The number of hydrogen-bond acceptors (Lipinski definition) is 4. The van der Waals surface area contributed by atoms with Crippen LogP contribution in [-0.2, 0) is 4.74 Å². The summed E-state index contributed by atoms with van der Waals surface area (Å²) in [5.74, 6) is -0.0832. The number of rotatable bonds is 3. The summed E-state index contributed by atoms with van der Waals surface area (Å²) in [5, 5.41) is 6.07. The van der Waals surface area contributed by atoms with Crippen molar-refractivity contribution >= 4 is 11.6 Å². The fourth-order valence-corrected chi connectivity index (χ4v) is 2.41. The Balaban J connectivity index is 2.05. The van der Waals surface area contributed by atoms with Crippen LogP contribution in [0.4, 0.5) is 5.69 Å². The number of aromatic nitrogens is 1. The summed E-state index contributed by atoms with van der Waals surface area (Å²) in [4.78, 5) is 16.3. The van der Waals surface area contributed by atoms with Gasteiger partial charge in [0, 0.05) is 37.8 Å². The highest BCUT2D eigenvalue weighted by Crippen LogP contribution is 2.24. The minimum absolute atomic E-state index is 0.0832. The molecule has 1 atom stereocenters. The normalized spacial score (nSPS) is 21.7. The van der Waals surface area contributed by atoms with Crippen LogP contribution in [-0.4, -0.2) is 36.2 Å². The molecule has 1 aliphatic heterocycles. The zero-order valence-electron chi connectivity index (χ0n) is 11.7. The average Bonchev–Trinajstić information content (AvgIpc) is 2.37. The van der Waals surface area contributed by atoms with E-state index in [2.05, 4.69) is 29.5 Å². The molecule has 1 amide bonds. The Morgan fingerprint density at radius 3 is 3.00 bits per heavy atom. The van der Waals surface area contributed by atoms with Crippen molar-refractivity contribution in [3.63, 3.8) is 0 Å². The van der Waals surface area contributed by atoms with E-state index in [4.69, 9.17) is 4.74 Å². The van der Waals surface area contributed by atoms with Gasteiger partial charge in [-0.2, -0.15) is 0 Å². The number of carbonyl (C=O) groups is 1. The van der Waals surface area contributed by atoms with E-state index >= 15 is 0 Å². The van der Waals surface area contributed by atoms with Gasteiger partial charge in [0.15, 0.2) is 0 Å². The summed E-state index contributed by atoms with van der Waals surface area (Å²) in [7, 11) is 1.80. The van der Waals surface area contributed by atoms with E-state index < -0.39 is 0 Å². The maximum absolute atomic E-state index is 12.3. The number of anilines is 1. The van der Waals surface area contributed by atoms with Gasteiger partial charge in [-0.1, -0.05) is 0 Å². The molecule has 2 rings (SSSR count). The van der Waals surface area contributed by atoms with Gasteiger partial charge in [0.1, 0.15) is 0 Å². The third kappa shape index (κ3) is 3.44. The molecule has 5 nitrogen and oxygen atoms in total. The molecule has 104 valence electrons. The third-order valence-corrected chi connectivity index (χ3v) is 3.37. The quantitative estimate of drug-likeness (QED) is 0.873. The van der Waals surface area contributed by atoms with Gasteiger partial charge in [0.25, 0.3) is 5.91 Å². The van der Waals surface area contributed by atoms with E-state index in [1.807, 2.05) is 0 Å². The third-order valence-electron chi connectivity index (χ3n) is 3.37. The Morgan fingerprint density at radius 1 is 1.53 bits per heavy atom. The van der Waals surface area contributed by atoms with Crippen LogP contribution in [0.5, 0.6) is 0 Å². The van der Waals surface area contributed by atoms with Crippen molar-refractivity contribution in [1.29, 1.82) is 0 Å². The molecule has 0 saturated carbocycles. The van der Waals surface area contributed by atoms with Gasteiger partial charge in [-0.15, -0.1) is 0 Å². The van der Waals surface area contributed by atoms with E-state index in [0.29, 0.717) is 12.2 Å². The first kappa shape index (κ1) is 13.8. The van der Waals surface area contributed by atoms with Gasteiger partial charge in [-0.3, -0.25) is 9.78 Å². The van der Waals surface area contributed by atoms with E-state index in [9.17, 15) is 4.79 Å². The van der Waals surface area contributed by atoms with Crippen molar-refractivity contribution in [2.24, 2.45) is 0 Å². The second-order valence-corrected chi connectivity index (χ2v) is 5.44. The first-order valence-corrected chi connectivity index (χ1v) is 6.58. The van der Waals surface area contributed by atoms with E-state index in [1.54, 1.807) is 25.5 Å². The molecular formula is C14H21N3O2. The number of amides is 1. The molecule has 1 aromatic heterocycles. The predicted octanol–water partition coefficient (Wildman–Crippen LogP) is 1.81. The summed E-state index contributed by atoms with van der Waals surface area (Å²) in [6.07, 6.45) is 4.93. The van der Waals surface area contributed by atoms with Crippen LogP contribution in [0.1, 0.15) is 37.0 Å². The topological polar surface area (TPSA) is 63.2 Å². The van der Waals surface area contributed by atoms with E-state index in [0.717, 1.165) is 18.5 Å². The fraction of sp³-hybridized carbons (Fsp3) is 0.571. The Morgan fingerprint density at radius 2 is 2.32 bits per heavy atom. The lowest BCUT2D eigenvalue weighted by Crippen LogP contribution is -2.45. The van der Waals surface area contributed by atoms with E-state index in [-0.39, 0.29) is 17.6 Å². The Hall–Kier alpha value is -1.62. The molecule has 1 aliphatic rings. The first-order chi connectivity index (χ1) is 9.02. The lowest BCUT2D eigenvalue weighted by atomic mass is 9.94. The highest BCUT2D eigenvalue weighted by Gasteiger charge is 2.30. The molecule has 1 unspecified atom stereocenters. The van der Waals surface area contributed by atoms with Crippen LogP contribution in [0, 0.1) is 0 Å². The SMILES string of the molecule is CNc1ccncc1C(=O)NC1CCOC(C)(C)C1. The molecule has 19 heavy (non-hydrogen) atoms. The minimum atomic E-state index is -0.170. The smallest absolute Gasteiger partial charge is 0.255 e. The number of ether oxygens (including phenoxy) is 1. The molecule has 1 fully saturated rings. The lowest BCUT2D eigenvalue weighted by Gasteiger charge is -2.35. The van der Waals surface area contributed by atoms with Crippen LogP contribution in [0.15, 0.2) is 18.5 Å². The van der Waals surface area contributed by atoms with Gasteiger partial charge in [0.05, 0.1) is 11.2 Å². The van der Waals surface area contributed by atoms with Crippen LogP contribution in [0.2, 0.25) is 0 Å². The molecule has 1 saturated heterocycles. The average molecular weight is 263 g/mol. The Labute approximate surface area is 113 Å². The van der Waals surface area contributed by atoms with Gasteiger partial charge in [-0.05, 0) is 32.8 Å². The Bertz CT molecular complexity index is 460. The second kappa shape index (κ2) is 5.57. The summed E-state index contributed by atoms with van der Waals surface area (Å²) >= 11 is 0. The zero-order valence-corrected chi connectivity index (χ0v) is 11.7. The second-order valence-electron chi connectivity index (χ2n) is 5.44. The number of nitrogens with one attached hydrogen (secondary N) is 2. The molecule has 0 aliphatic carbocycles. The van der Waals surface area contributed by atoms with Crippen LogP contribution < -0.4 is 10.6 Å². The van der Waals surface area contributed by atoms with Crippen molar-refractivity contribution in [2.45, 2.75) is 38.3 Å². The standard InChI is InChI=1S/C14H21N3O2/c1-14(2)8-10(5-7-19-14)17-13(18)11-9-16-6-4-12(11)15-3/h4,6,9-10H,5,7-8H2,1-3H3,(H,15,16)(H,17,18). The van der Waals surface area contributed by atoms with Gasteiger partial charge in [0.2, 0.25) is 0 Å². The van der Waals surface area contributed by atoms with Crippen molar-refractivity contribution in [3.8, 4) is 0 Å². The summed E-state index contributed by atoms with van der Waals surface area (Å²) < 4.78 is 5.65. The summed E-state index contributed by atoms with van der Waals surface area (Å²) in [5.41, 5.74) is 1.20. The zero-order chi connectivity index (χ0) is 13.9. The summed E-state index contributed by atoms with van der Waals surface area (Å²) in [6.45, 7) is 4.78. The van der Waals surface area contributed by atoms with Crippen molar-refractivity contribution < 1.29 is 9.53 Å². The lowest BCUT2D eigenvalue weighted by molar-refractivity contribution is -0.0615. The highest BCUT2D eigenvalue weighted by atomic mass is 16.5. The van der Waals surface area contributed by atoms with Gasteiger partial charge < -0.3 is 15.4 Å². The largest absolute Gasteiger partial charge is 0.387 e. The molecule has 0 spiro atoms. The highest BCUT2D eigenvalue weighted by molar-refractivity contribution is 5.99. The molecule has 0 aromatic carbocycles. The maximum Gasteiger partial charge on any atom is 0.255 e. The summed E-state index contributed by atoms with van der Waals surface area (Å²) in [6, 6.07) is 1.95. The van der Waals surface area contributed by atoms with Crippen LogP contribution in [0.25, 0.3) is 0 Å². The van der Waals surface area contributed by atoms with Crippen molar-refractivity contribution in [1.82, 2.24) is 10.3 Å². The molecular weight excluding hydrogens is 242 g/mol. The fourth-order valence-electron chi connectivity index (χ4n) is 2.41. The first-order valence-electron chi connectivity index (χ1n) is 6.58. The molecule has 2 heterocycles. The molecule has 1 aromatic rings. The Kier molecular flexibility index (Phi) is 4.04. The van der Waals surface area contributed by atoms with Gasteiger partial charge >= 0.3 is 0 Å². The van der Waals surface area contributed by atoms with Crippen molar-refractivity contribution in [2.75, 3.05) is 19.0 Å². The van der Waals surface area contributed by atoms with Gasteiger partial charge in [-0.25, -0.2) is 0 Å². The molecule has 0 bridgehead atoms. The molecule has 5 heteroatoms. The van der Waals surface area contributed by atoms with E-state index in [1.165, 1.54) is 0 Å². The number of hydrogen-bond donors (Lipinski definition) is 2. The number of carbonyl (C=O) groups excluding carboxylic acids is 1. The molecule has 0 radical (unpaired) electrons. The number of pyridine rings is 1. The molecule has 2 N–H and O–H groups in total. The van der Waals surface area contributed by atoms with Crippen LogP contribution in [0.3, 0.4) is 0 Å². The van der Waals surface area contributed by atoms with Crippen LogP contribution >= 0.6 is 0 Å². The maximum atomic E-state index is 12.3.